The first-order valence-corrected chi connectivity index (χ1v) is 6.05. The number of carbonyl (C=O) groups is 1. The van der Waals surface area contributed by atoms with Crippen LogP contribution in [0.2, 0.25) is 0 Å². The predicted octanol–water partition coefficient (Wildman–Crippen LogP) is 1.35. The van der Waals surface area contributed by atoms with Crippen molar-refractivity contribution in [2.24, 2.45) is 5.10 Å². The molecule has 2 aliphatic heterocycles. The number of carbonyl (C=O) groups excluding carboxylic acids is 1. The summed E-state index contributed by atoms with van der Waals surface area (Å²) >= 11 is 0. The van der Waals surface area contributed by atoms with E-state index in [0.29, 0.717) is 12.1 Å². The summed E-state index contributed by atoms with van der Waals surface area (Å²) in [5.74, 6) is 0.686. The van der Waals surface area contributed by atoms with Gasteiger partial charge in [0.15, 0.2) is 0 Å². The third-order valence-corrected chi connectivity index (χ3v) is 3.29. The molecule has 0 atom stereocenters. The van der Waals surface area contributed by atoms with Gasteiger partial charge in [-0.3, -0.25) is 14.9 Å². The summed E-state index contributed by atoms with van der Waals surface area (Å²) in [5.41, 5.74) is 0.563. The second-order valence-corrected chi connectivity index (χ2v) is 4.51. The summed E-state index contributed by atoms with van der Waals surface area (Å²) < 4.78 is 0. The zero-order valence-corrected chi connectivity index (χ0v) is 10.2. The molecule has 0 N–H and O–H groups in total. The molecule has 2 heterocycles. The number of rotatable bonds is 2. The number of amides is 1. The zero-order chi connectivity index (χ0) is 13.4. The van der Waals surface area contributed by atoms with E-state index in [9.17, 15) is 14.9 Å². The molecule has 0 bridgehead atoms. The highest BCUT2D eigenvalue weighted by Gasteiger charge is 2.30. The Morgan fingerprint density at radius 2 is 1.89 bits per heavy atom. The van der Waals surface area contributed by atoms with Gasteiger partial charge in [0, 0.05) is 25.2 Å². The van der Waals surface area contributed by atoms with Crippen molar-refractivity contribution in [3.8, 4) is 0 Å². The van der Waals surface area contributed by atoms with E-state index in [1.165, 1.54) is 17.1 Å². The molecule has 0 saturated carbocycles. The summed E-state index contributed by atoms with van der Waals surface area (Å²) in [6, 6.07) is 5.83. The van der Waals surface area contributed by atoms with Crippen LogP contribution in [0.5, 0.6) is 0 Å². The van der Waals surface area contributed by atoms with Gasteiger partial charge in [0.05, 0.1) is 17.0 Å². The van der Waals surface area contributed by atoms with Gasteiger partial charge >= 0.3 is 0 Å². The molecular formula is C12H12N4O3. The number of amidine groups is 1. The normalized spacial score (nSPS) is 18.3. The Morgan fingerprint density at radius 1 is 1.21 bits per heavy atom. The lowest BCUT2D eigenvalue weighted by Gasteiger charge is -2.31. The van der Waals surface area contributed by atoms with Crippen molar-refractivity contribution >= 4 is 23.1 Å². The molecule has 0 aliphatic carbocycles. The molecule has 98 valence electrons. The molecule has 7 nitrogen and oxygen atoms in total. The highest BCUT2D eigenvalue weighted by molar-refractivity contribution is 6.12. The minimum atomic E-state index is -0.468. The molecule has 0 radical (unpaired) electrons. The van der Waals surface area contributed by atoms with E-state index in [2.05, 4.69) is 10.0 Å². The number of likely N-dealkylation sites (tertiary alicyclic amines) is 1. The number of benzene rings is 1. The second kappa shape index (κ2) is 4.34. The van der Waals surface area contributed by atoms with Crippen LogP contribution in [-0.2, 0) is 4.79 Å². The summed E-state index contributed by atoms with van der Waals surface area (Å²) in [5, 5.41) is 16.2. The van der Waals surface area contributed by atoms with Crippen molar-refractivity contribution < 1.29 is 9.72 Å². The van der Waals surface area contributed by atoms with Crippen LogP contribution in [0.15, 0.2) is 29.4 Å². The highest BCUT2D eigenvalue weighted by atomic mass is 16.6. The molecule has 1 aromatic carbocycles. The monoisotopic (exact) mass is 260 g/mol. The topological polar surface area (TPSA) is 79.0 Å². The first-order chi connectivity index (χ1) is 9.15. The van der Waals surface area contributed by atoms with Gasteiger partial charge in [0.1, 0.15) is 5.84 Å². The minimum Gasteiger partial charge on any atom is -0.358 e. The third-order valence-electron chi connectivity index (χ3n) is 3.29. The molecule has 7 heteroatoms. The molecule has 0 aromatic heterocycles. The maximum atomic E-state index is 11.9. The van der Waals surface area contributed by atoms with Crippen molar-refractivity contribution in [2.45, 2.75) is 12.8 Å². The average molecular weight is 260 g/mol. The number of hydrogen-bond donors (Lipinski definition) is 0. The molecule has 0 spiro atoms. The number of hydrogen-bond acceptors (Lipinski definition) is 5. The van der Waals surface area contributed by atoms with Crippen molar-refractivity contribution in [1.82, 2.24) is 4.90 Å². The maximum absolute atomic E-state index is 11.9. The van der Waals surface area contributed by atoms with Crippen molar-refractivity contribution in [3.63, 3.8) is 0 Å². The lowest BCUT2D eigenvalue weighted by Crippen LogP contribution is -2.41. The minimum absolute atomic E-state index is 0.00217. The van der Waals surface area contributed by atoms with Crippen LogP contribution < -0.4 is 5.01 Å². The molecule has 1 amide bonds. The van der Waals surface area contributed by atoms with Crippen LogP contribution in [0.3, 0.4) is 0 Å². The fraction of sp³-hybridized carbons (Fsp3) is 0.333. The molecule has 2 aliphatic rings. The van der Waals surface area contributed by atoms with E-state index in [0.717, 1.165) is 25.3 Å². The van der Waals surface area contributed by atoms with Crippen molar-refractivity contribution in [2.75, 3.05) is 18.1 Å². The first kappa shape index (κ1) is 11.6. The average Bonchev–Trinajstić information content (AvgIpc) is 2.69. The Hall–Kier alpha value is -2.44. The van der Waals surface area contributed by atoms with Crippen molar-refractivity contribution in [3.05, 3.63) is 34.4 Å². The Bertz CT molecular complexity index is 563. The van der Waals surface area contributed by atoms with Crippen LogP contribution in [-0.4, -0.2) is 34.7 Å². The number of nitro groups is 1. The third kappa shape index (κ3) is 2.03. The van der Waals surface area contributed by atoms with Crippen LogP contribution in [0.25, 0.3) is 0 Å². The van der Waals surface area contributed by atoms with E-state index in [1.54, 1.807) is 12.1 Å². The number of anilines is 1. The number of hydrazone groups is 1. The standard InChI is InChI=1S/C12H12N4O3/c17-12-8-11(14-6-1-7-14)13-15(12)9-2-4-10(5-3-9)16(18)19/h2-5H,1,6-8H2. The van der Waals surface area contributed by atoms with Crippen LogP contribution in [0.1, 0.15) is 12.8 Å². The summed E-state index contributed by atoms with van der Waals surface area (Å²) in [4.78, 5) is 24.1. The fourth-order valence-corrected chi connectivity index (χ4v) is 2.08. The van der Waals surface area contributed by atoms with Gasteiger partial charge in [-0.1, -0.05) is 0 Å². The van der Waals surface area contributed by atoms with Crippen LogP contribution >= 0.6 is 0 Å². The molecule has 1 saturated heterocycles. The fourth-order valence-electron chi connectivity index (χ4n) is 2.08. The van der Waals surface area contributed by atoms with Gasteiger partial charge in [-0.25, -0.2) is 0 Å². The molecule has 1 fully saturated rings. The van der Waals surface area contributed by atoms with Gasteiger partial charge in [0.25, 0.3) is 11.6 Å². The van der Waals surface area contributed by atoms with E-state index < -0.39 is 4.92 Å². The molecule has 0 unspecified atom stereocenters. The zero-order valence-electron chi connectivity index (χ0n) is 10.2. The van der Waals surface area contributed by atoms with E-state index in [-0.39, 0.29) is 11.6 Å². The number of nitrogens with zero attached hydrogens (tertiary/aromatic N) is 4. The summed E-state index contributed by atoms with van der Waals surface area (Å²) in [6.07, 6.45) is 1.43. The number of nitro benzene ring substituents is 1. The molecule has 3 rings (SSSR count). The SMILES string of the molecule is O=C1CC(N2CCC2)=NN1c1ccc([N+](=O)[O-])cc1. The largest absolute Gasteiger partial charge is 0.358 e. The Kier molecular flexibility index (Phi) is 2.66. The van der Waals surface area contributed by atoms with E-state index >= 15 is 0 Å². The van der Waals surface area contributed by atoms with Gasteiger partial charge in [-0.05, 0) is 18.6 Å². The lowest BCUT2D eigenvalue weighted by atomic mass is 10.2. The first-order valence-electron chi connectivity index (χ1n) is 6.05. The predicted molar refractivity (Wildman–Crippen MR) is 68.8 cm³/mol. The number of non-ortho nitro benzene ring substituents is 1. The van der Waals surface area contributed by atoms with Crippen LogP contribution in [0, 0.1) is 10.1 Å². The molecular weight excluding hydrogens is 248 g/mol. The van der Waals surface area contributed by atoms with Gasteiger partial charge < -0.3 is 4.90 Å². The quantitative estimate of drug-likeness (QED) is 0.594. The van der Waals surface area contributed by atoms with Gasteiger partial charge in [0.2, 0.25) is 0 Å². The van der Waals surface area contributed by atoms with E-state index in [1.807, 2.05) is 0 Å². The van der Waals surface area contributed by atoms with E-state index in [4.69, 9.17) is 0 Å². The lowest BCUT2D eigenvalue weighted by molar-refractivity contribution is -0.384. The molecule has 1 aromatic rings. The summed E-state index contributed by atoms with van der Waals surface area (Å²) in [6.45, 7) is 1.89. The second-order valence-electron chi connectivity index (χ2n) is 4.51. The van der Waals surface area contributed by atoms with Gasteiger partial charge in [-0.2, -0.15) is 10.1 Å². The van der Waals surface area contributed by atoms with Crippen LogP contribution in [0.4, 0.5) is 11.4 Å². The maximum Gasteiger partial charge on any atom is 0.269 e. The highest BCUT2D eigenvalue weighted by Crippen LogP contribution is 2.25. The molecule has 19 heavy (non-hydrogen) atoms. The Morgan fingerprint density at radius 3 is 2.42 bits per heavy atom. The van der Waals surface area contributed by atoms with Gasteiger partial charge in [-0.15, -0.1) is 0 Å². The Labute approximate surface area is 109 Å². The summed E-state index contributed by atoms with van der Waals surface area (Å²) in [7, 11) is 0. The Balaban J connectivity index is 1.82. The van der Waals surface area contributed by atoms with Crippen molar-refractivity contribution in [1.29, 1.82) is 0 Å². The smallest absolute Gasteiger partial charge is 0.269 e.